The van der Waals surface area contributed by atoms with Crippen LogP contribution in [0.2, 0.25) is 0 Å². The molecule has 2 N–H and O–H groups in total. The summed E-state index contributed by atoms with van der Waals surface area (Å²) in [6, 6.07) is 8.85. The number of aryl methyl sites for hydroxylation is 1. The summed E-state index contributed by atoms with van der Waals surface area (Å²) in [6.07, 6.45) is 2.39. The lowest BCUT2D eigenvalue weighted by Gasteiger charge is -2.21. The molecule has 0 radical (unpaired) electrons. The number of anilines is 1. The minimum Gasteiger partial charge on any atom is -0.385 e. The fourth-order valence-electron chi connectivity index (χ4n) is 2.13. The highest BCUT2D eigenvalue weighted by Crippen LogP contribution is 2.14. The van der Waals surface area contributed by atoms with Crippen LogP contribution in [0.15, 0.2) is 24.3 Å². The van der Waals surface area contributed by atoms with E-state index >= 15 is 0 Å². The number of hydrogen-bond donors (Lipinski definition) is 2. The van der Waals surface area contributed by atoms with E-state index in [-0.39, 0.29) is 0 Å². The zero-order valence-corrected chi connectivity index (χ0v) is 12.3. The van der Waals surface area contributed by atoms with E-state index in [4.69, 9.17) is 0 Å². The average molecular weight is 248 g/mol. The van der Waals surface area contributed by atoms with Crippen LogP contribution in [-0.2, 0) is 6.42 Å². The van der Waals surface area contributed by atoms with Gasteiger partial charge in [-0.05, 0) is 49.5 Å². The Bertz CT molecular complexity index is 316. The summed E-state index contributed by atoms with van der Waals surface area (Å²) in [5.74, 6) is 1.37. The molecular formula is C16H28N2. The third-order valence-corrected chi connectivity index (χ3v) is 3.47. The maximum absolute atomic E-state index is 3.54. The molecule has 0 spiro atoms. The van der Waals surface area contributed by atoms with E-state index in [2.05, 4.69) is 55.7 Å². The zero-order valence-electron chi connectivity index (χ0n) is 12.3. The molecule has 2 nitrogen and oxygen atoms in total. The molecule has 1 aromatic rings. The van der Waals surface area contributed by atoms with E-state index in [9.17, 15) is 0 Å². The van der Waals surface area contributed by atoms with Gasteiger partial charge >= 0.3 is 0 Å². The monoisotopic (exact) mass is 248 g/mol. The summed E-state index contributed by atoms with van der Waals surface area (Å²) in [4.78, 5) is 0. The van der Waals surface area contributed by atoms with Crippen molar-refractivity contribution in [2.24, 2.45) is 11.8 Å². The Labute approximate surface area is 112 Å². The van der Waals surface area contributed by atoms with Gasteiger partial charge in [-0.3, -0.25) is 0 Å². The molecule has 102 valence electrons. The van der Waals surface area contributed by atoms with Crippen molar-refractivity contribution in [3.8, 4) is 0 Å². The molecule has 0 amide bonds. The van der Waals surface area contributed by atoms with Crippen LogP contribution in [0.4, 0.5) is 5.69 Å². The van der Waals surface area contributed by atoms with E-state index in [1.807, 2.05) is 7.05 Å². The van der Waals surface area contributed by atoms with Crippen molar-refractivity contribution in [1.82, 2.24) is 5.32 Å². The molecule has 0 aliphatic carbocycles. The van der Waals surface area contributed by atoms with Gasteiger partial charge in [0.05, 0.1) is 0 Å². The van der Waals surface area contributed by atoms with Gasteiger partial charge in [0.25, 0.3) is 0 Å². The number of rotatable bonds is 8. The topological polar surface area (TPSA) is 24.1 Å². The number of hydrogen-bond acceptors (Lipinski definition) is 2. The minimum atomic E-state index is 0.672. The molecule has 0 bridgehead atoms. The van der Waals surface area contributed by atoms with Crippen LogP contribution in [0.1, 0.15) is 32.8 Å². The molecule has 0 aliphatic rings. The fraction of sp³-hybridized carbons (Fsp3) is 0.625. The van der Waals surface area contributed by atoms with Gasteiger partial charge in [0.15, 0.2) is 0 Å². The maximum atomic E-state index is 3.54. The predicted octanol–water partition coefficient (Wildman–Crippen LogP) is 3.54. The van der Waals surface area contributed by atoms with Crippen LogP contribution in [0.3, 0.4) is 0 Å². The van der Waals surface area contributed by atoms with Gasteiger partial charge in [0.1, 0.15) is 0 Å². The standard InChI is InChI=1S/C16H28N2/c1-5-6-14-7-9-16(10-8-14)18-12-15(11-17-4)13(2)3/h7-10,13,15,17-18H,5-6,11-12H2,1-4H3. The lowest BCUT2D eigenvalue weighted by molar-refractivity contribution is 0.390. The first-order chi connectivity index (χ1) is 8.67. The molecular weight excluding hydrogens is 220 g/mol. The molecule has 2 heteroatoms. The molecule has 18 heavy (non-hydrogen) atoms. The highest BCUT2D eigenvalue weighted by molar-refractivity contribution is 5.44. The van der Waals surface area contributed by atoms with Gasteiger partial charge in [0, 0.05) is 12.2 Å². The minimum absolute atomic E-state index is 0.672. The number of nitrogens with one attached hydrogen (secondary N) is 2. The Hall–Kier alpha value is -1.02. The Morgan fingerprint density at radius 3 is 2.22 bits per heavy atom. The molecule has 1 unspecified atom stereocenters. The predicted molar refractivity (Wildman–Crippen MR) is 81.2 cm³/mol. The molecule has 1 atom stereocenters. The second-order valence-electron chi connectivity index (χ2n) is 5.39. The Balaban J connectivity index is 2.46. The van der Waals surface area contributed by atoms with Crippen LogP contribution in [0.5, 0.6) is 0 Å². The second-order valence-corrected chi connectivity index (χ2v) is 5.39. The quantitative estimate of drug-likeness (QED) is 0.735. The molecule has 0 aromatic heterocycles. The van der Waals surface area contributed by atoms with Crippen LogP contribution in [-0.4, -0.2) is 20.1 Å². The van der Waals surface area contributed by atoms with Gasteiger partial charge in [0.2, 0.25) is 0 Å². The maximum Gasteiger partial charge on any atom is 0.0340 e. The normalized spacial score (nSPS) is 12.7. The second kappa shape index (κ2) is 8.15. The van der Waals surface area contributed by atoms with Crippen molar-refractivity contribution in [2.75, 3.05) is 25.5 Å². The third kappa shape index (κ3) is 5.09. The van der Waals surface area contributed by atoms with Gasteiger partial charge in [-0.2, -0.15) is 0 Å². The van der Waals surface area contributed by atoms with Crippen molar-refractivity contribution >= 4 is 5.69 Å². The summed E-state index contributed by atoms with van der Waals surface area (Å²) >= 11 is 0. The molecule has 0 saturated heterocycles. The SMILES string of the molecule is CCCc1ccc(NCC(CNC)C(C)C)cc1. The summed E-state index contributed by atoms with van der Waals surface area (Å²) < 4.78 is 0. The van der Waals surface area contributed by atoms with E-state index in [1.165, 1.54) is 24.1 Å². The summed E-state index contributed by atoms with van der Waals surface area (Å²) in [5.41, 5.74) is 2.66. The van der Waals surface area contributed by atoms with Crippen LogP contribution in [0, 0.1) is 11.8 Å². The van der Waals surface area contributed by atoms with E-state index in [1.54, 1.807) is 0 Å². The van der Waals surface area contributed by atoms with Crippen LogP contribution >= 0.6 is 0 Å². The highest BCUT2D eigenvalue weighted by Gasteiger charge is 2.11. The molecule has 0 fully saturated rings. The number of benzene rings is 1. The van der Waals surface area contributed by atoms with E-state index in [0.29, 0.717) is 11.8 Å². The Kier molecular flexibility index (Phi) is 6.81. The third-order valence-electron chi connectivity index (χ3n) is 3.47. The van der Waals surface area contributed by atoms with Crippen molar-refractivity contribution in [3.05, 3.63) is 29.8 Å². The molecule has 0 aliphatic heterocycles. The first kappa shape index (κ1) is 15.0. The van der Waals surface area contributed by atoms with Gasteiger partial charge in [-0.25, -0.2) is 0 Å². The summed E-state index contributed by atoms with van der Waals surface area (Å²) in [5, 5.41) is 6.81. The molecule has 1 rings (SSSR count). The smallest absolute Gasteiger partial charge is 0.0340 e. The first-order valence-electron chi connectivity index (χ1n) is 7.14. The average Bonchev–Trinajstić information content (AvgIpc) is 2.36. The fourth-order valence-corrected chi connectivity index (χ4v) is 2.13. The lowest BCUT2D eigenvalue weighted by atomic mass is 9.95. The Morgan fingerprint density at radius 2 is 1.72 bits per heavy atom. The largest absolute Gasteiger partial charge is 0.385 e. The Morgan fingerprint density at radius 1 is 1.06 bits per heavy atom. The van der Waals surface area contributed by atoms with Gasteiger partial charge in [-0.1, -0.05) is 39.3 Å². The summed E-state index contributed by atoms with van der Waals surface area (Å²) in [6.45, 7) is 8.89. The van der Waals surface area contributed by atoms with Crippen molar-refractivity contribution in [2.45, 2.75) is 33.6 Å². The molecule has 0 saturated carbocycles. The van der Waals surface area contributed by atoms with Gasteiger partial charge in [-0.15, -0.1) is 0 Å². The zero-order chi connectivity index (χ0) is 13.4. The molecule has 1 aromatic carbocycles. The van der Waals surface area contributed by atoms with E-state index < -0.39 is 0 Å². The lowest BCUT2D eigenvalue weighted by Crippen LogP contribution is -2.29. The van der Waals surface area contributed by atoms with E-state index in [0.717, 1.165) is 13.1 Å². The van der Waals surface area contributed by atoms with Gasteiger partial charge < -0.3 is 10.6 Å². The van der Waals surface area contributed by atoms with Crippen LogP contribution in [0.25, 0.3) is 0 Å². The highest BCUT2D eigenvalue weighted by atomic mass is 14.9. The van der Waals surface area contributed by atoms with Crippen molar-refractivity contribution < 1.29 is 0 Å². The van der Waals surface area contributed by atoms with Crippen molar-refractivity contribution in [1.29, 1.82) is 0 Å². The van der Waals surface area contributed by atoms with Crippen molar-refractivity contribution in [3.63, 3.8) is 0 Å². The van der Waals surface area contributed by atoms with Crippen LogP contribution < -0.4 is 10.6 Å². The molecule has 0 heterocycles. The first-order valence-corrected chi connectivity index (χ1v) is 7.14. The summed E-state index contributed by atoms with van der Waals surface area (Å²) in [7, 11) is 2.02.